The molecule has 0 unspecified atom stereocenters. The van der Waals surface area contributed by atoms with E-state index in [2.05, 4.69) is 5.43 Å². The van der Waals surface area contributed by atoms with Crippen molar-refractivity contribution >= 4 is 17.6 Å². The van der Waals surface area contributed by atoms with Gasteiger partial charge in [-0.05, 0) is 37.5 Å². The van der Waals surface area contributed by atoms with E-state index in [-0.39, 0.29) is 25.2 Å². The van der Waals surface area contributed by atoms with Gasteiger partial charge in [0.2, 0.25) is 5.91 Å². The van der Waals surface area contributed by atoms with Gasteiger partial charge in [0, 0.05) is 18.0 Å². The number of hydrogen-bond acceptors (Lipinski definition) is 4. The van der Waals surface area contributed by atoms with Crippen LogP contribution in [-0.4, -0.2) is 16.9 Å². The highest BCUT2D eigenvalue weighted by atomic mass is 19.1. The minimum atomic E-state index is -1.19. The summed E-state index contributed by atoms with van der Waals surface area (Å²) < 4.78 is 14.3. The number of hydrazine groups is 1. The van der Waals surface area contributed by atoms with Crippen LogP contribution >= 0.6 is 0 Å². The van der Waals surface area contributed by atoms with Crippen molar-refractivity contribution in [2.75, 3.05) is 0 Å². The quantitative estimate of drug-likeness (QED) is 0.851. The first-order chi connectivity index (χ1) is 13.0. The van der Waals surface area contributed by atoms with E-state index in [1.54, 1.807) is 24.3 Å². The molecular weight excluding hydrogens is 347 g/mol. The molecule has 5 nitrogen and oxygen atoms in total. The van der Waals surface area contributed by atoms with Crippen LogP contribution in [0.1, 0.15) is 42.0 Å². The van der Waals surface area contributed by atoms with Gasteiger partial charge in [-0.25, -0.2) is 9.40 Å². The van der Waals surface area contributed by atoms with Crippen molar-refractivity contribution in [2.45, 2.75) is 32.2 Å². The number of carbonyl (C=O) groups is 2. The highest BCUT2D eigenvalue weighted by Gasteiger charge is 2.31. The first-order valence-corrected chi connectivity index (χ1v) is 8.77. The van der Waals surface area contributed by atoms with Gasteiger partial charge in [-0.3, -0.25) is 10.2 Å². The number of aryl methyl sites for hydroxylation is 1. The predicted octanol–water partition coefficient (Wildman–Crippen LogP) is 2.48. The molecule has 1 N–H and O–H groups in total. The second-order valence-electron chi connectivity index (χ2n) is 6.51. The summed E-state index contributed by atoms with van der Waals surface area (Å²) >= 11 is 0. The SMILES string of the molecule is Cc1ccc(C2=C[C@H](c3ccccc3F)N(C(=O)CCCC(=O)[O-])N2)cc1. The number of carboxylic acids is 1. The number of benzene rings is 2. The summed E-state index contributed by atoms with van der Waals surface area (Å²) in [6.07, 6.45) is 1.81. The topological polar surface area (TPSA) is 72.5 Å². The summed E-state index contributed by atoms with van der Waals surface area (Å²) in [7, 11) is 0. The molecular formula is C21H20FN2O3-. The molecule has 0 fully saturated rings. The summed E-state index contributed by atoms with van der Waals surface area (Å²) in [6, 6.07) is 13.5. The molecule has 0 aliphatic carbocycles. The maximum absolute atomic E-state index is 14.3. The van der Waals surface area contributed by atoms with Crippen LogP contribution in [0.4, 0.5) is 4.39 Å². The molecule has 2 aromatic carbocycles. The van der Waals surface area contributed by atoms with Crippen molar-refractivity contribution in [3.8, 4) is 0 Å². The van der Waals surface area contributed by atoms with Gasteiger partial charge >= 0.3 is 0 Å². The molecule has 6 heteroatoms. The number of rotatable bonds is 6. The number of carboxylic acid groups (broad SMARTS) is 1. The van der Waals surface area contributed by atoms with E-state index in [1.165, 1.54) is 11.1 Å². The lowest BCUT2D eigenvalue weighted by atomic mass is 10.0. The Kier molecular flexibility index (Phi) is 5.54. The van der Waals surface area contributed by atoms with Crippen LogP contribution in [0.25, 0.3) is 5.70 Å². The Morgan fingerprint density at radius 1 is 1.11 bits per heavy atom. The molecule has 0 radical (unpaired) electrons. The summed E-state index contributed by atoms with van der Waals surface area (Å²) in [5, 5.41) is 11.9. The van der Waals surface area contributed by atoms with E-state index < -0.39 is 17.8 Å². The van der Waals surface area contributed by atoms with Crippen LogP contribution < -0.4 is 10.5 Å². The number of nitrogens with one attached hydrogen (secondary N) is 1. The number of aliphatic carboxylic acids is 1. The van der Waals surface area contributed by atoms with Crippen LogP contribution in [0.2, 0.25) is 0 Å². The fourth-order valence-electron chi connectivity index (χ4n) is 3.03. The monoisotopic (exact) mass is 367 g/mol. The third-order valence-corrected chi connectivity index (χ3v) is 4.47. The molecule has 0 saturated carbocycles. The highest BCUT2D eigenvalue weighted by Crippen LogP contribution is 2.33. The zero-order chi connectivity index (χ0) is 19.4. The Morgan fingerprint density at radius 3 is 2.48 bits per heavy atom. The fraction of sp³-hybridized carbons (Fsp3) is 0.238. The molecule has 1 aliphatic rings. The lowest BCUT2D eigenvalue weighted by molar-refractivity contribution is -0.305. The minimum Gasteiger partial charge on any atom is -0.550 e. The largest absolute Gasteiger partial charge is 0.550 e. The number of amides is 1. The number of hydrogen-bond donors (Lipinski definition) is 1. The molecule has 0 aromatic heterocycles. The first-order valence-electron chi connectivity index (χ1n) is 8.77. The van der Waals surface area contributed by atoms with Crippen molar-refractivity contribution in [2.24, 2.45) is 0 Å². The van der Waals surface area contributed by atoms with E-state index >= 15 is 0 Å². The first kappa shape index (κ1) is 18.6. The Morgan fingerprint density at radius 2 is 1.81 bits per heavy atom. The van der Waals surface area contributed by atoms with E-state index in [9.17, 15) is 19.1 Å². The Bertz CT molecular complexity index is 877. The minimum absolute atomic E-state index is 0.0287. The molecule has 1 aliphatic heterocycles. The highest BCUT2D eigenvalue weighted by molar-refractivity contribution is 5.81. The zero-order valence-corrected chi connectivity index (χ0v) is 14.9. The van der Waals surface area contributed by atoms with Gasteiger partial charge in [-0.1, -0.05) is 48.0 Å². The van der Waals surface area contributed by atoms with Gasteiger partial charge < -0.3 is 9.90 Å². The number of nitrogens with zero attached hydrogens (tertiary/aromatic N) is 1. The number of carbonyl (C=O) groups excluding carboxylic acids is 2. The summed E-state index contributed by atoms with van der Waals surface area (Å²) in [6.45, 7) is 1.98. The van der Waals surface area contributed by atoms with Crippen molar-refractivity contribution in [1.29, 1.82) is 0 Å². The van der Waals surface area contributed by atoms with Gasteiger partial charge in [-0.15, -0.1) is 0 Å². The van der Waals surface area contributed by atoms with E-state index in [0.29, 0.717) is 11.3 Å². The smallest absolute Gasteiger partial charge is 0.241 e. The molecule has 3 rings (SSSR count). The molecule has 0 saturated heterocycles. The van der Waals surface area contributed by atoms with Gasteiger partial charge in [0.05, 0.1) is 5.70 Å². The van der Waals surface area contributed by atoms with Gasteiger partial charge in [0.15, 0.2) is 0 Å². The van der Waals surface area contributed by atoms with Crippen LogP contribution in [0.15, 0.2) is 54.6 Å². The molecule has 140 valence electrons. The molecule has 27 heavy (non-hydrogen) atoms. The predicted molar refractivity (Wildman–Crippen MR) is 97.1 cm³/mol. The molecule has 1 amide bonds. The molecule has 2 aromatic rings. The Labute approximate surface area is 157 Å². The average molecular weight is 367 g/mol. The molecule has 0 bridgehead atoms. The molecule has 0 spiro atoms. The van der Waals surface area contributed by atoms with E-state index in [1.807, 2.05) is 31.2 Å². The second-order valence-corrected chi connectivity index (χ2v) is 6.51. The summed E-state index contributed by atoms with van der Waals surface area (Å²) in [5.74, 6) is -1.90. The van der Waals surface area contributed by atoms with Crippen molar-refractivity contribution < 1.29 is 19.1 Å². The Hall–Kier alpha value is -3.15. The lowest BCUT2D eigenvalue weighted by Crippen LogP contribution is -2.39. The fourth-order valence-corrected chi connectivity index (χ4v) is 3.03. The van der Waals surface area contributed by atoms with E-state index in [0.717, 1.165) is 11.1 Å². The molecule has 1 atom stereocenters. The van der Waals surface area contributed by atoms with Crippen LogP contribution in [0.5, 0.6) is 0 Å². The standard InChI is InChI=1S/C21H21FN2O3/c1-14-9-11-15(12-10-14)18-13-19(16-5-2-3-6-17(16)22)24(23-18)20(25)7-4-8-21(26)27/h2-3,5-6,9-13,19,23H,4,7-8H2,1H3,(H,26,27)/p-1/t19-/m1/s1. The van der Waals surface area contributed by atoms with Crippen molar-refractivity contribution in [3.63, 3.8) is 0 Å². The maximum atomic E-state index is 14.3. The van der Waals surface area contributed by atoms with Gasteiger partial charge in [0.25, 0.3) is 0 Å². The normalized spacial score (nSPS) is 16.0. The van der Waals surface area contributed by atoms with Crippen LogP contribution in [0.3, 0.4) is 0 Å². The van der Waals surface area contributed by atoms with Crippen molar-refractivity contribution in [3.05, 3.63) is 77.1 Å². The average Bonchev–Trinajstić information content (AvgIpc) is 3.07. The van der Waals surface area contributed by atoms with E-state index in [4.69, 9.17) is 0 Å². The maximum Gasteiger partial charge on any atom is 0.241 e. The number of halogens is 1. The lowest BCUT2D eigenvalue weighted by Gasteiger charge is -2.26. The summed E-state index contributed by atoms with van der Waals surface area (Å²) in [4.78, 5) is 23.2. The third-order valence-electron chi connectivity index (χ3n) is 4.47. The van der Waals surface area contributed by atoms with Crippen molar-refractivity contribution in [1.82, 2.24) is 10.4 Å². The van der Waals surface area contributed by atoms with Crippen LogP contribution in [-0.2, 0) is 9.59 Å². The molecule has 1 heterocycles. The second kappa shape index (κ2) is 8.03. The third kappa shape index (κ3) is 4.34. The van der Waals surface area contributed by atoms with Crippen LogP contribution in [0, 0.1) is 12.7 Å². The summed E-state index contributed by atoms with van der Waals surface area (Å²) in [5.41, 5.74) is 6.13. The van der Waals surface area contributed by atoms with Gasteiger partial charge in [-0.2, -0.15) is 0 Å². The Balaban J connectivity index is 1.87. The van der Waals surface area contributed by atoms with Gasteiger partial charge in [0.1, 0.15) is 11.9 Å². The zero-order valence-electron chi connectivity index (χ0n) is 14.9.